The van der Waals surface area contributed by atoms with Crippen molar-refractivity contribution in [3.63, 3.8) is 0 Å². The van der Waals surface area contributed by atoms with Crippen molar-refractivity contribution in [1.82, 2.24) is 45.0 Å². The van der Waals surface area contributed by atoms with Crippen LogP contribution in [0.1, 0.15) is 126 Å². The fraction of sp³-hybridized carbons (Fsp3) is 0.794. The van der Waals surface area contributed by atoms with Crippen molar-refractivity contribution in [1.29, 1.82) is 0 Å². The van der Waals surface area contributed by atoms with E-state index in [0.29, 0.717) is 63.6 Å². The maximum Gasteiger partial charge on any atom is 0.408 e. The van der Waals surface area contributed by atoms with Crippen molar-refractivity contribution in [2.45, 2.75) is 219 Å². The first-order valence-corrected chi connectivity index (χ1v) is 43.5. The number of ketones is 2. The molecule has 29 heteroatoms. The van der Waals surface area contributed by atoms with Crippen LogP contribution in [0.15, 0.2) is 25.3 Å². The highest BCUT2D eigenvalue weighted by Crippen LogP contribution is 2.66. The van der Waals surface area contributed by atoms with Crippen molar-refractivity contribution in [3.8, 4) is 0 Å². The lowest BCUT2D eigenvalue weighted by Crippen LogP contribution is -2.60. The van der Waals surface area contributed by atoms with E-state index in [2.05, 4.69) is 92.9 Å². The van der Waals surface area contributed by atoms with Crippen molar-refractivity contribution in [2.24, 2.45) is 40.2 Å². The number of carbonyl (C=O) groups excluding carboxylic acids is 9. The zero-order valence-corrected chi connectivity index (χ0v) is 61.6. The molecule has 0 aromatic heterocycles. The van der Waals surface area contributed by atoms with Crippen LogP contribution in [0.4, 0.5) is 4.79 Å². The molecule has 7 amide bonds. The van der Waals surface area contributed by atoms with Crippen LogP contribution in [0.2, 0.25) is 51.4 Å². The molecule has 24 nitrogen and oxygen atoms in total. The number of fused-ring (bicyclic) bond motifs is 6. The maximum atomic E-state index is 14.5. The lowest BCUT2D eigenvalue weighted by atomic mass is 9.98. The van der Waals surface area contributed by atoms with Crippen LogP contribution in [0.3, 0.4) is 0 Å². The fourth-order valence-electron chi connectivity index (χ4n) is 13.2. The molecule has 4 heterocycles. The molecule has 0 unspecified atom stereocenters. The molecule has 6 aliphatic rings. The summed E-state index contributed by atoms with van der Waals surface area (Å²) in [7, 11) is -10.8. The Balaban J connectivity index is 0.000000393. The van der Waals surface area contributed by atoms with E-state index in [0.717, 1.165) is 25.7 Å². The summed E-state index contributed by atoms with van der Waals surface area (Å²) in [5.41, 5.74) is 5.10. The van der Waals surface area contributed by atoms with Gasteiger partial charge in [0, 0.05) is 68.5 Å². The van der Waals surface area contributed by atoms with E-state index in [4.69, 9.17) is 10.5 Å². The van der Waals surface area contributed by atoms with Gasteiger partial charge in [0.15, 0.2) is 0 Å². The van der Waals surface area contributed by atoms with E-state index in [1.165, 1.54) is 30.6 Å². The van der Waals surface area contributed by atoms with Gasteiger partial charge in [0.05, 0.1) is 29.6 Å². The lowest BCUT2D eigenvalue weighted by molar-refractivity contribution is -0.144. The summed E-state index contributed by atoms with van der Waals surface area (Å²) in [5.74, 6) is -5.46. The number of nitrogens with two attached hydrogens (primary N) is 1. The van der Waals surface area contributed by atoms with Crippen LogP contribution in [0, 0.1) is 34.5 Å². The molecule has 0 spiro atoms. The Kier molecular flexibility index (Phi) is 28.6. The van der Waals surface area contributed by atoms with Gasteiger partial charge in [-0.2, -0.15) is 8.61 Å². The normalized spacial score (nSPS) is 28.1. The third-order valence-corrected chi connectivity index (χ3v) is 26.8. The summed E-state index contributed by atoms with van der Waals surface area (Å²) < 4.78 is 62.7. The summed E-state index contributed by atoms with van der Waals surface area (Å²) in [4.78, 5) is 124. The second-order valence-electron chi connectivity index (χ2n) is 30.5. The van der Waals surface area contributed by atoms with E-state index in [1.807, 2.05) is 13.8 Å². The van der Waals surface area contributed by atoms with Gasteiger partial charge in [-0.15, -0.1) is 25.6 Å². The Morgan fingerprint density at radius 3 is 1.36 bits per heavy atom. The molecule has 0 aromatic carbocycles. The van der Waals surface area contributed by atoms with Gasteiger partial charge in [0.1, 0.15) is 23.7 Å². The minimum atomic E-state index is -3.80. The summed E-state index contributed by atoms with van der Waals surface area (Å²) >= 11 is 0. The van der Waals surface area contributed by atoms with Gasteiger partial charge in [-0.25, -0.2) is 21.6 Å². The van der Waals surface area contributed by atoms with Gasteiger partial charge in [0.25, 0.3) is 11.8 Å². The number of piperidine rings is 2. The molecule has 4 saturated heterocycles. The molecule has 7 N–H and O–H groups in total. The average Bonchev–Trinajstić information content (AvgIpc) is 1.54. The summed E-state index contributed by atoms with van der Waals surface area (Å²) in [6.45, 7) is 33.8. The number of nitrogens with zero attached hydrogens (tertiary/aromatic N) is 4. The SMILES string of the molecule is C=CCNC(=O)C(=O)[C@@H]1CCCCCCCN(S(=O)(=O)CC[Si](C)(C)C)C[C@H](N)C(=O)N2C[C@H]3[C@@H]([C@H]2C(=O)N1)C3(C)C.C=CCNC(=O)C(=O)[C@@H]1CCCCCCCN(S(=O)(=O)CC[Si](C)(C)C)C[C@H](NC(=O)OC(C)(C)C)C(=O)N2C[C@H]3[C@@H]([C@H]2C(=O)N1)C3(C)C.Cl. The minimum Gasteiger partial charge on any atom is -0.444 e. The maximum absolute atomic E-state index is 14.5. The third kappa shape index (κ3) is 22.0. The predicted molar refractivity (Wildman–Crippen MR) is 364 cm³/mol. The number of sulfonamides is 2. The van der Waals surface area contributed by atoms with Crippen LogP contribution in [-0.2, 0) is 63.1 Å². The number of amides is 7. The molecule has 0 radical (unpaired) electrons. The molecule has 6 fully saturated rings. The first-order valence-electron chi connectivity index (χ1n) is 32.9. The van der Waals surface area contributed by atoms with Gasteiger partial charge in [-0.3, -0.25) is 38.4 Å². The fourth-order valence-corrected chi connectivity index (χ4v) is 22.3. The van der Waals surface area contributed by atoms with Gasteiger partial charge in [-0.1, -0.05) is 130 Å². The Morgan fingerprint density at radius 2 is 0.978 bits per heavy atom. The molecule has 92 heavy (non-hydrogen) atoms. The number of alkyl carbamates (subject to hydrolysis) is 1. The second-order valence-corrected chi connectivity index (χ2v) is 45.9. The van der Waals surface area contributed by atoms with Crippen molar-refractivity contribution in [2.75, 3.05) is 63.9 Å². The Labute approximate surface area is 556 Å². The van der Waals surface area contributed by atoms with Gasteiger partial charge in [-0.05, 0) is 93.0 Å². The molecule has 524 valence electrons. The molecule has 10 atom stereocenters. The van der Waals surface area contributed by atoms with E-state index in [9.17, 15) is 60.0 Å². The quantitative estimate of drug-likeness (QED) is 0.0638. The highest BCUT2D eigenvalue weighted by molar-refractivity contribution is 7.89. The number of carbonyl (C=O) groups is 9. The number of hydrogen-bond acceptors (Lipinski definition) is 15. The molecular weight excluding hydrogens is 1280 g/mol. The topological polar surface area (TPSA) is 330 Å². The zero-order chi connectivity index (χ0) is 68.4. The van der Waals surface area contributed by atoms with Crippen LogP contribution < -0.4 is 32.3 Å². The Hall–Kier alpha value is -4.59. The molecule has 4 aliphatic heterocycles. The number of nitrogens with one attached hydrogen (secondary N) is 5. The van der Waals surface area contributed by atoms with Crippen molar-refractivity contribution in [3.05, 3.63) is 25.3 Å². The van der Waals surface area contributed by atoms with Gasteiger partial charge < -0.3 is 46.9 Å². The molecule has 0 aromatic rings. The van der Waals surface area contributed by atoms with E-state index >= 15 is 0 Å². The molecule has 6 rings (SSSR count). The number of Topliss-reactive ketones (excluding diaryl/α,β-unsaturated/α-hetero) is 2. The van der Waals surface area contributed by atoms with E-state index in [-0.39, 0.29) is 111 Å². The Bertz CT molecular complexity index is 2920. The lowest BCUT2D eigenvalue weighted by Gasteiger charge is -2.35. The standard InChI is InChI=1S/C34H59N5O8SSi.C29H51N5O6SSi.ClH/c1-10-17-35-30(42)28(40)24-16-14-12-11-13-15-18-38(48(45,46)19-20-49(7,8)9)22-25(37-32(44)47-33(2,3)4)31(43)39-21-23-26(34(23,5)6)27(39)29(41)36-24;1-7-14-31-27(37)25(35)22-13-11-9-8-10-12-15-33(41(39,40)16-17-42(4,5)6)19-21(30)28(38)34-18-20-23(29(20,2)3)24(34)26(36)32-22;/h10,23-27H,1,11-22H2,2-9H3,(H,35,42)(H,36,41)(H,37,44);7,20-24H,1,8-19,30H2,2-6H3,(H,31,37)(H,32,36);1H/t23-,24-,25-,26-,27-;20-,21-,22-,23-,24-;/m00./s1. The largest absolute Gasteiger partial charge is 0.444 e. The zero-order valence-electron chi connectivity index (χ0n) is 57.1. The Morgan fingerprint density at radius 1 is 0.609 bits per heavy atom. The number of hydrogen-bond donors (Lipinski definition) is 6. The highest BCUT2D eigenvalue weighted by Gasteiger charge is 2.71. The van der Waals surface area contributed by atoms with Gasteiger partial charge >= 0.3 is 6.09 Å². The van der Waals surface area contributed by atoms with Gasteiger partial charge in [0.2, 0.25) is 55.2 Å². The predicted octanol–water partition coefficient (Wildman–Crippen LogP) is 4.94. The monoisotopic (exact) mass is 1390 g/mol. The van der Waals surface area contributed by atoms with Crippen molar-refractivity contribution >= 4 is 102 Å². The van der Waals surface area contributed by atoms with Crippen LogP contribution >= 0.6 is 12.4 Å². The van der Waals surface area contributed by atoms with Crippen LogP contribution in [0.25, 0.3) is 0 Å². The van der Waals surface area contributed by atoms with E-state index in [1.54, 1.807) is 20.8 Å². The summed E-state index contributed by atoms with van der Waals surface area (Å²) in [6.07, 6.45) is 9.41. The number of rotatable bonds is 17. The highest BCUT2D eigenvalue weighted by atomic mass is 35.5. The average molecular weight is 1390 g/mol. The first-order chi connectivity index (χ1) is 42.1. The number of halogens is 1. The third-order valence-electron chi connectivity index (χ3n) is 18.9. The smallest absolute Gasteiger partial charge is 0.408 e. The summed E-state index contributed by atoms with van der Waals surface area (Å²) in [5, 5.41) is 13.3. The van der Waals surface area contributed by atoms with E-state index < -0.39 is 131 Å². The molecule has 0 bridgehead atoms. The number of ether oxygens (including phenoxy) is 1. The molecule has 2 aliphatic carbocycles. The second kappa shape index (κ2) is 32.9. The molecule has 2 saturated carbocycles. The van der Waals surface area contributed by atoms with Crippen molar-refractivity contribution < 1.29 is 64.7 Å². The summed E-state index contributed by atoms with van der Waals surface area (Å²) in [6, 6.07) is -5.21. The molecular formula is C63H111ClN10O14S2Si2. The van der Waals surface area contributed by atoms with Crippen LogP contribution in [-0.4, -0.2) is 210 Å². The first kappa shape index (κ1) is 79.9. The minimum absolute atomic E-state index is 0. The van der Waals surface area contributed by atoms with Crippen LogP contribution in [0.5, 0.6) is 0 Å².